The topological polar surface area (TPSA) is 107 Å². The van der Waals surface area contributed by atoms with E-state index in [1.165, 1.54) is 12.1 Å². The molecule has 4 N–H and O–H groups in total. The minimum absolute atomic E-state index is 0.0502. The Labute approximate surface area is 174 Å². The molecule has 3 aromatic rings. The molecule has 1 aliphatic heterocycles. The number of nitrogens with one attached hydrogen (secondary N) is 2. The molecule has 10 heteroatoms. The summed E-state index contributed by atoms with van der Waals surface area (Å²) in [4.78, 5) is 20.0. The standard InChI is InChI=1S/C21H20F3N3O4/c22-21(23,24)13-3-1-2-11(6-13)9-25-20(30)12-4-5-14-15(7-12)27-19(26-14)17-8-16(29)18(10-28)31-17/h1-7,16-18,28-29H,8-10H2,(H,25,30)(H,26,27)/t16-,17+,18+/m0/s1. The van der Waals surface area contributed by atoms with E-state index in [0.717, 1.165) is 12.1 Å². The van der Waals surface area contributed by atoms with Crippen molar-refractivity contribution in [2.24, 2.45) is 0 Å². The minimum Gasteiger partial charge on any atom is -0.394 e. The first kappa shape index (κ1) is 21.3. The van der Waals surface area contributed by atoms with Crippen molar-refractivity contribution < 1.29 is 32.9 Å². The smallest absolute Gasteiger partial charge is 0.394 e. The van der Waals surface area contributed by atoms with Crippen LogP contribution in [0.2, 0.25) is 0 Å². The first-order valence-electron chi connectivity index (χ1n) is 9.63. The van der Waals surface area contributed by atoms with Crippen molar-refractivity contribution in [3.05, 3.63) is 65.0 Å². The minimum atomic E-state index is -4.44. The van der Waals surface area contributed by atoms with Gasteiger partial charge in [-0.1, -0.05) is 12.1 Å². The van der Waals surface area contributed by atoms with E-state index in [4.69, 9.17) is 4.74 Å². The second kappa shape index (κ2) is 8.29. The molecule has 31 heavy (non-hydrogen) atoms. The first-order chi connectivity index (χ1) is 14.7. The zero-order chi connectivity index (χ0) is 22.2. The van der Waals surface area contributed by atoms with Crippen LogP contribution in [-0.4, -0.2) is 44.9 Å². The number of ether oxygens (including phenoxy) is 1. The predicted octanol–water partition coefficient (Wildman–Crippen LogP) is 2.69. The predicted molar refractivity (Wildman–Crippen MR) is 104 cm³/mol. The highest BCUT2D eigenvalue weighted by Gasteiger charge is 2.36. The summed E-state index contributed by atoms with van der Waals surface area (Å²) in [5.41, 5.74) is 1.05. The fourth-order valence-corrected chi connectivity index (χ4v) is 3.53. The monoisotopic (exact) mass is 435 g/mol. The van der Waals surface area contributed by atoms with E-state index >= 15 is 0 Å². The molecule has 1 fully saturated rings. The van der Waals surface area contributed by atoms with Crippen LogP contribution in [0.4, 0.5) is 13.2 Å². The van der Waals surface area contributed by atoms with Gasteiger partial charge in [0.05, 0.1) is 29.3 Å². The Bertz CT molecular complexity index is 1100. The number of fused-ring (bicyclic) bond motifs is 1. The number of aromatic nitrogens is 2. The van der Waals surface area contributed by atoms with Crippen LogP contribution < -0.4 is 5.32 Å². The van der Waals surface area contributed by atoms with Gasteiger partial charge in [-0.3, -0.25) is 4.79 Å². The molecule has 7 nitrogen and oxygen atoms in total. The summed E-state index contributed by atoms with van der Waals surface area (Å²) in [5.74, 6) is 0.0369. The van der Waals surface area contributed by atoms with Gasteiger partial charge in [0.1, 0.15) is 18.0 Å². The van der Waals surface area contributed by atoms with Crippen molar-refractivity contribution in [1.82, 2.24) is 15.3 Å². The number of benzene rings is 2. The van der Waals surface area contributed by atoms with E-state index in [9.17, 15) is 28.2 Å². The molecule has 0 saturated carbocycles. The maximum Gasteiger partial charge on any atom is 0.416 e. The molecule has 0 spiro atoms. The van der Waals surface area contributed by atoms with Gasteiger partial charge >= 0.3 is 6.18 Å². The van der Waals surface area contributed by atoms with E-state index in [-0.39, 0.29) is 19.6 Å². The van der Waals surface area contributed by atoms with Gasteiger partial charge in [-0.25, -0.2) is 4.98 Å². The van der Waals surface area contributed by atoms with Gasteiger partial charge in [-0.15, -0.1) is 0 Å². The summed E-state index contributed by atoms with van der Waals surface area (Å²) in [5, 5.41) is 21.7. The Kier molecular flexibility index (Phi) is 5.69. The number of alkyl halides is 3. The van der Waals surface area contributed by atoms with Crippen LogP contribution in [0.15, 0.2) is 42.5 Å². The highest BCUT2D eigenvalue weighted by Crippen LogP contribution is 2.32. The highest BCUT2D eigenvalue weighted by molar-refractivity contribution is 5.97. The van der Waals surface area contributed by atoms with Gasteiger partial charge in [0.25, 0.3) is 5.91 Å². The van der Waals surface area contributed by atoms with Crippen LogP contribution in [0, 0.1) is 0 Å². The number of aromatic amines is 1. The van der Waals surface area contributed by atoms with Crippen molar-refractivity contribution in [1.29, 1.82) is 0 Å². The average Bonchev–Trinajstić information content (AvgIpc) is 3.34. The van der Waals surface area contributed by atoms with Crippen molar-refractivity contribution in [3.8, 4) is 0 Å². The van der Waals surface area contributed by atoms with Gasteiger partial charge in [0.15, 0.2) is 0 Å². The van der Waals surface area contributed by atoms with Crippen molar-refractivity contribution >= 4 is 16.9 Å². The van der Waals surface area contributed by atoms with Gasteiger partial charge in [0, 0.05) is 18.5 Å². The lowest BCUT2D eigenvalue weighted by atomic mass is 10.1. The second-order valence-corrected chi connectivity index (χ2v) is 7.38. The average molecular weight is 435 g/mol. The Morgan fingerprint density at radius 1 is 1.26 bits per heavy atom. The van der Waals surface area contributed by atoms with Crippen molar-refractivity contribution in [2.75, 3.05) is 6.61 Å². The highest BCUT2D eigenvalue weighted by atomic mass is 19.4. The van der Waals surface area contributed by atoms with Crippen molar-refractivity contribution in [3.63, 3.8) is 0 Å². The molecule has 1 saturated heterocycles. The molecule has 2 heterocycles. The van der Waals surface area contributed by atoms with Crippen molar-refractivity contribution in [2.45, 2.75) is 37.5 Å². The number of imidazole rings is 1. The summed E-state index contributed by atoms with van der Waals surface area (Å²) in [7, 11) is 0. The summed E-state index contributed by atoms with van der Waals surface area (Å²) < 4.78 is 44.1. The van der Waals surface area contributed by atoms with Crippen LogP contribution in [-0.2, 0) is 17.5 Å². The number of amides is 1. The van der Waals surface area contributed by atoms with Crippen LogP contribution in [0.3, 0.4) is 0 Å². The fourth-order valence-electron chi connectivity index (χ4n) is 3.53. The molecular weight excluding hydrogens is 415 g/mol. The summed E-state index contributed by atoms with van der Waals surface area (Å²) in [6, 6.07) is 9.58. The molecule has 2 aromatic carbocycles. The molecule has 0 aliphatic carbocycles. The maximum atomic E-state index is 12.8. The largest absolute Gasteiger partial charge is 0.416 e. The number of aliphatic hydroxyl groups is 2. The van der Waals surface area contributed by atoms with Gasteiger partial charge < -0.3 is 25.3 Å². The number of H-pyrrole nitrogens is 1. The van der Waals surface area contributed by atoms with E-state index < -0.39 is 36.0 Å². The number of carbonyl (C=O) groups excluding carboxylic acids is 1. The number of rotatable bonds is 5. The van der Waals surface area contributed by atoms with Gasteiger partial charge in [-0.2, -0.15) is 13.2 Å². The fraction of sp³-hybridized carbons (Fsp3) is 0.333. The lowest BCUT2D eigenvalue weighted by Gasteiger charge is -2.10. The number of aliphatic hydroxyl groups excluding tert-OH is 2. The van der Waals surface area contributed by atoms with Crippen LogP contribution in [0.25, 0.3) is 11.0 Å². The lowest BCUT2D eigenvalue weighted by molar-refractivity contribution is -0.137. The van der Waals surface area contributed by atoms with Gasteiger partial charge in [0.2, 0.25) is 0 Å². The van der Waals surface area contributed by atoms with E-state index in [2.05, 4.69) is 15.3 Å². The zero-order valence-corrected chi connectivity index (χ0v) is 16.2. The number of carbonyl (C=O) groups is 1. The Hall–Kier alpha value is -2.95. The molecule has 1 amide bonds. The molecule has 3 atom stereocenters. The Balaban J connectivity index is 1.45. The third-order valence-corrected chi connectivity index (χ3v) is 5.18. The molecule has 0 unspecified atom stereocenters. The first-order valence-corrected chi connectivity index (χ1v) is 9.63. The molecular formula is C21H20F3N3O4. The Morgan fingerprint density at radius 2 is 2.06 bits per heavy atom. The molecule has 0 radical (unpaired) electrons. The molecule has 1 aliphatic rings. The normalized spacial score (nSPS) is 21.5. The molecule has 0 bridgehead atoms. The summed E-state index contributed by atoms with van der Waals surface area (Å²) in [6.45, 7) is -0.348. The van der Waals surface area contributed by atoms with Crippen LogP contribution in [0.5, 0.6) is 0 Å². The van der Waals surface area contributed by atoms with E-state index in [1.807, 2.05) is 0 Å². The third-order valence-electron chi connectivity index (χ3n) is 5.18. The maximum absolute atomic E-state index is 12.8. The number of nitrogens with zero attached hydrogens (tertiary/aromatic N) is 1. The molecule has 164 valence electrons. The van der Waals surface area contributed by atoms with Crippen LogP contribution in [0.1, 0.15) is 39.8 Å². The third kappa shape index (κ3) is 4.55. The molecule has 4 rings (SSSR count). The van der Waals surface area contributed by atoms with Crippen LogP contribution >= 0.6 is 0 Å². The number of hydrogen-bond acceptors (Lipinski definition) is 5. The number of hydrogen-bond donors (Lipinski definition) is 4. The SMILES string of the molecule is O=C(NCc1cccc(C(F)(F)F)c1)c1ccc2nc([C@H]3C[C@H](O)[C@@H](CO)O3)[nH]c2c1. The van der Waals surface area contributed by atoms with Gasteiger partial charge in [-0.05, 0) is 35.9 Å². The van der Waals surface area contributed by atoms with E-state index in [0.29, 0.717) is 28.0 Å². The zero-order valence-electron chi connectivity index (χ0n) is 16.2. The lowest BCUT2D eigenvalue weighted by Crippen LogP contribution is -2.24. The second-order valence-electron chi connectivity index (χ2n) is 7.38. The summed E-state index contributed by atoms with van der Waals surface area (Å²) in [6.07, 6.45) is -6.12. The summed E-state index contributed by atoms with van der Waals surface area (Å²) >= 11 is 0. The number of halogens is 3. The molecule has 1 aromatic heterocycles. The van der Waals surface area contributed by atoms with E-state index in [1.54, 1.807) is 18.2 Å². The Morgan fingerprint density at radius 3 is 2.77 bits per heavy atom. The quantitative estimate of drug-likeness (QED) is 0.493.